The average molecular weight is 319 g/mol. The summed E-state index contributed by atoms with van der Waals surface area (Å²) in [4.78, 5) is 4.44. The zero-order chi connectivity index (χ0) is 16.6. The smallest absolute Gasteiger partial charge is 0.249 e. The molecule has 0 radical (unpaired) electrons. The van der Waals surface area contributed by atoms with Crippen molar-refractivity contribution in [3.8, 4) is 0 Å². The maximum absolute atomic E-state index is 4.44. The number of anilines is 3. The molecule has 5 heteroatoms. The summed E-state index contributed by atoms with van der Waals surface area (Å²) in [6.45, 7) is 2.90. The van der Waals surface area contributed by atoms with Gasteiger partial charge in [0.2, 0.25) is 5.95 Å². The summed E-state index contributed by atoms with van der Waals surface area (Å²) in [5.41, 5.74) is 3.51. The number of hydrogen-bond donors (Lipinski definition) is 2. The van der Waals surface area contributed by atoms with Crippen molar-refractivity contribution in [3.05, 3.63) is 71.9 Å². The van der Waals surface area contributed by atoms with Gasteiger partial charge in [-0.1, -0.05) is 48.0 Å². The standard InChI is InChI=1S/C19H21N5/c1-15-9-11-17(12-10-15)22-19-23-18(14-21-24-19)20-13-5-8-16-6-3-2-4-7-16/h2-4,6-7,9-12,14H,5,8,13H2,1H3,(H2,20,22,23,24). The van der Waals surface area contributed by atoms with E-state index in [1.165, 1.54) is 11.1 Å². The van der Waals surface area contributed by atoms with E-state index in [0.717, 1.165) is 30.9 Å². The van der Waals surface area contributed by atoms with Crippen LogP contribution in [0.2, 0.25) is 0 Å². The molecule has 0 saturated heterocycles. The second-order valence-corrected chi connectivity index (χ2v) is 5.67. The summed E-state index contributed by atoms with van der Waals surface area (Å²) >= 11 is 0. The summed E-state index contributed by atoms with van der Waals surface area (Å²) in [6.07, 6.45) is 3.72. The number of nitrogens with zero attached hydrogens (tertiary/aromatic N) is 3. The third-order valence-electron chi connectivity index (χ3n) is 3.66. The minimum atomic E-state index is 0.493. The van der Waals surface area contributed by atoms with Gasteiger partial charge < -0.3 is 10.6 Å². The molecule has 1 heterocycles. The van der Waals surface area contributed by atoms with Crippen molar-refractivity contribution in [2.24, 2.45) is 0 Å². The van der Waals surface area contributed by atoms with Crippen LogP contribution in [0.1, 0.15) is 17.5 Å². The Kier molecular flexibility index (Phi) is 5.35. The first-order valence-corrected chi connectivity index (χ1v) is 8.11. The number of rotatable bonds is 7. The Morgan fingerprint density at radius 2 is 1.75 bits per heavy atom. The fraction of sp³-hybridized carbons (Fsp3) is 0.211. The lowest BCUT2D eigenvalue weighted by Crippen LogP contribution is -2.07. The fourth-order valence-corrected chi connectivity index (χ4v) is 2.36. The molecular formula is C19H21N5. The number of nitrogens with one attached hydrogen (secondary N) is 2. The summed E-state index contributed by atoms with van der Waals surface area (Å²) in [5.74, 6) is 1.22. The van der Waals surface area contributed by atoms with Gasteiger partial charge in [0, 0.05) is 12.2 Å². The van der Waals surface area contributed by atoms with Crippen LogP contribution in [0.4, 0.5) is 17.5 Å². The number of hydrogen-bond acceptors (Lipinski definition) is 5. The number of benzene rings is 2. The van der Waals surface area contributed by atoms with Gasteiger partial charge in [0.1, 0.15) is 0 Å². The second-order valence-electron chi connectivity index (χ2n) is 5.67. The van der Waals surface area contributed by atoms with Gasteiger partial charge in [-0.25, -0.2) is 0 Å². The number of aromatic nitrogens is 3. The van der Waals surface area contributed by atoms with E-state index >= 15 is 0 Å². The van der Waals surface area contributed by atoms with E-state index in [1.807, 2.05) is 30.3 Å². The molecule has 0 fully saturated rings. The molecule has 0 amide bonds. The van der Waals surface area contributed by atoms with Crippen molar-refractivity contribution in [1.82, 2.24) is 15.2 Å². The van der Waals surface area contributed by atoms with Gasteiger partial charge in [0.05, 0.1) is 6.20 Å². The predicted molar refractivity (Wildman–Crippen MR) is 97.5 cm³/mol. The highest BCUT2D eigenvalue weighted by atomic mass is 15.3. The van der Waals surface area contributed by atoms with E-state index in [-0.39, 0.29) is 0 Å². The highest BCUT2D eigenvalue weighted by molar-refractivity contribution is 5.54. The van der Waals surface area contributed by atoms with Gasteiger partial charge in [0.25, 0.3) is 0 Å². The molecule has 1 aromatic heterocycles. The molecule has 2 aromatic carbocycles. The zero-order valence-electron chi connectivity index (χ0n) is 13.7. The lowest BCUT2D eigenvalue weighted by atomic mass is 10.1. The molecule has 0 unspecified atom stereocenters. The fourth-order valence-electron chi connectivity index (χ4n) is 2.36. The Hall–Kier alpha value is -2.95. The SMILES string of the molecule is Cc1ccc(Nc2nncc(NCCCc3ccccc3)n2)cc1. The zero-order valence-corrected chi connectivity index (χ0v) is 13.7. The highest BCUT2D eigenvalue weighted by Gasteiger charge is 2.01. The van der Waals surface area contributed by atoms with E-state index < -0.39 is 0 Å². The molecular weight excluding hydrogens is 298 g/mol. The van der Waals surface area contributed by atoms with Gasteiger partial charge in [-0.3, -0.25) is 0 Å². The summed E-state index contributed by atoms with van der Waals surface area (Å²) in [5, 5.41) is 14.5. The lowest BCUT2D eigenvalue weighted by Gasteiger charge is -2.08. The molecule has 3 aromatic rings. The van der Waals surface area contributed by atoms with E-state index in [0.29, 0.717) is 5.95 Å². The van der Waals surface area contributed by atoms with Gasteiger partial charge in [-0.15, -0.1) is 5.10 Å². The summed E-state index contributed by atoms with van der Waals surface area (Å²) < 4.78 is 0. The Labute approximate surface area is 142 Å². The molecule has 0 bridgehead atoms. The quantitative estimate of drug-likeness (QED) is 0.645. The largest absolute Gasteiger partial charge is 0.369 e. The van der Waals surface area contributed by atoms with Crippen molar-refractivity contribution in [2.45, 2.75) is 19.8 Å². The van der Waals surface area contributed by atoms with Crippen molar-refractivity contribution in [3.63, 3.8) is 0 Å². The molecule has 0 aliphatic rings. The van der Waals surface area contributed by atoms with E-state index in [4.69, 9.17) is 0 Å². The summed E-state index contributed by atoms with van der Waals surface area (Å²) in [7, 11) is 0. The first-order chi connectivity index (χ1) is 11.8. The topological polar surface area (TPSA) is 62.7 Å². The molecule has 0 saturated carbocycles. The molecule has 2 N–H and O–H groups in total. The second kappa shape index (κ2) is 8.06. The van der Waals surface area contributed by atoms with Gasteiger partial charge in [0.15, 0.2) is 5.82 Å². The molecule has 5 nitrogen and oxygen atoms in total. The van der Waals surface area contributed by atoms with E-state index in [9.17, 15) is 0 Å². The van der Waals surface area contributed by atoms with Crippen molar-refractivity contribution < 1.29 is 0 Å². The highest BCUT2D eigenvalue weighted by Crippen LogP contribution is 2.14. The van der Waals surface area contributed by atoms with Gasteiger partial charge >= 0.3 is 0 Å². The maximum atomic E-state index is 4.44. The Morgan fingerprint density at radius 1 is 0.958 bits per heavy atom. The van der Waals surface area contributed by atoms with Crippen LogP contribution < -0.4 is 10.6 Å². The molecule has 0 spiro atoms. The van der Waals surface area contributed by atoms with Crippen LogP contribution in [0.25, 0.3) is 0 Å². The van der Waals surface area contributed by atoms with Crippen LogP contribution in [0.3, 0.4) is 0 Å². The minimum Gasteiger partial charge on any atom is -0.369 e. The third kappa shape index (κ3) is 4.78. The van der Waals surface area contributed by atoms with E-state index in [1.54, 1.807) is 6.20 Å². The Balaban J connectivity index is 1.50. The van der Waals surface area contributed by atoms with Crippen LogP contribution in [-0.2, 0) is 6.42 Å². The van der Waals surface area contributed by atoms with Crippen LogP contribution >= 0.6 is 0 Å². The molecule has 0 atom stereocenters. The Morgan fingerprint density at radius 3 is 2.54 bits per heavy atom. The lowest BCUT2D eigenvalue weighted by molar-refractivity contribution is 0.853. The van der Waals surface area contributed by atoms with Crippen LogP contribution in [0, 0.1) is 6.92 Å². The van der Waals surface area contributed by atoms with Gasteiger partial charge in [-0.2, -0.15) is 10.1 Å². The molecule has 0 aliphatic carbocycles. The molecule has 122 valence electrons. The first-order valence-electron chi connectivity index (χ1n) is 8.11. The molecule has 3 rings (SSSR count). The van der Waals surface area contributed by atoms with Gasteiger partial charge in [-0.05, 0) is 37.5 Å². The maximum Gasteiger partial charge on any atom is 0.249 e. The average Bonchev–Trinajstić information content (AvgIpc) is 2.62. The van der Waals surface area contributed by atoms with Crippen LogP contribution in [0.15, 0.2) is 60.8 Å². The minimum absolute atomic E-state index is 0.493. The van der Waals surface area contributed by atoms with Crippen molar-refractivity contribution in [1.29, 1.82) is 0 Å². The van der Waals surface area contributed by atoms with Crippen molar-refractivity contribution in [2.75, 3.05) is 17.2 Å². The van der Waals surface area contributed by atoms with Crippen molar-refractivity contribution >= 4 is 17.5 Å². The first kappa shape index (κ1) is 15.9. The normalized spacial score (nSPS) is 10.4. The number of aryl methyl sites for hydroxylation is 2. The third-order valence-corrected chi connectivity index (χ3v) is 3.66. The molecule has 24 heavy (non-hydrogen) atoms. The molecule has 0 aliphatic heterocycles. The monoisotopic (exact) mass is 319 g/mol. The predicted octanol–water partition coefficient (Wildman–Crippen LogP) is 3.97. The van der Waals surface area contributed by atoms with Crippen LogP contribution in [-0.4, -0.2) is 21.7 Å². The van der Waals surface area contributed by atoms with E-state index in [2.05, 4.69) is 57.0 Å². The van der Waals surface area contributed by atoms with Crippen LogP contribution in [0.5, 0.6) is 0 Å². The summed E-state index contributed by atoms with van der Waals surface area (Å²) in [6, 6.07) is 18.6. The Bertz CT molecular complexity index is 756.